The van der Waals surface area contributed by atoms with Gasteiger partial charge < -0.3 is 0 Å². The highest BCUT2D eigenvalue weighted by Gasteiger charge is 2.24. The first-order valence-corrected chi connectivity index (χ1v) is 9.64. The van der Waals surface area contributed by atoms with Crippen molar-refractivity contribution in [3.05, 3.63) is 86.6 Å². The number of aromatic nitrogens is 2. The molecule has 0 aliphatic heterocycles. The Kier molecular flexibility index (Phi) is 7.06. The second kappa shape index (κ2) is 10.1. The van der Waals surface area contributed by atoms with E-state index in [4.69, 9.17) is 0 Å². The number of amides is 2. The lowest BCUT2D eigenvalue weighted by Crippen LogP contribution is -2.33. The van der Waals surface area contributed by atoms with Gasteiger partial charge in [0, 0.05) is 4.47 Å². The number of nitrogens with one attached hydrogen (secondary N) is 4. The minimum atomic E-state index is -0.737. The first-order chi connectivity index (χ1) is 15.0. The molecule has 31 heavy (non-hydrogen) atoms. The fourth-order valence-electron chi connectivity index (χ4n) is 2.52. The third-order valence-electron chi connectivity index (χ3n) is 3.95. The zero-order valence-corrected chi connectivity index (χ0v) is 17.4. The monoisotopic (exact) mass is 485 g/mol. The Morgan fingerprint density at radius 3 is 2.19 bits per heavy atom. The molecule has 1 heterocycles. The van der Waals surface area contributed by atoms with E-state index in [-0.39, 0.29) is 18.1 Å². The molecule has 4 N–H and O–H groups in total. The van der Waals surface area contributed by atoms with Gasteiger partial charge in [-0.05, 0) is 33.6 Å². The summed E-state index contributed by atoms with van der Waals surface area (Å²) in [6.07, 6.45) is 1.12. The molecule has 0 aliphatic carbocycles. The van der Waals surface area contributed by atoms with E-state index in [9.17, 15) is 19.7 Å². The molecule has 2 amide bonds. The molecule has 0 unspecified atom stereocenters. The summed E-state index contributed by atoms with van der Waals surface area (Å²) in [7, 11) is 0. The van der Waals surface area contributed by atoms with Crippen LogP contribution in [0.5, 0.6) is 0 Å². The van der Waals surface area contributed by atoms with Crippen molar-refractivity contribution in [1.82, 2.24) is 20.8 Å². The van der Waals surface area contributed by atoms with E-state index in [1.807, 2.05) is 6.07 Å². The molecule has 0 spiro atoms. The van der Waals surface area contributed by atoms with Gasteiger partial charge in [0.1, 0.15) is 6.33 Å². The third kappa shape index (κ3) is 5.73. The van der Waals surface area contributed by atoms with Gasteiger partial charge in [-0.15, -0.1) is 0 Å². The Balaban J connectivity index is 1.69. The number of nitrogens with zero attached hydrogens (tertiary/aromatic N) is 3. The summed E-state index contributed by atoms with van der Waals surface area (Å²) in [5.41, 5.74) is 10.1. The fraction of sp³-hybridized carbons (Fsp3) is 0.0526. The predicted molar refractivity (Wildman–Crippen MR) is 116 cm³/mol. The van der Waals surface area contributed by atoms with Crippen molar-refractivity contribution >= 4 is 45.1 Å². The van der Waals surface area contributed by atoms with Gasteiger partial charge in [0.05, 0.1) is 16.9 Å². The van der Waals surface area contributed by atoms with Crippen molar-refractivity contribution in [1.29, 1.82) is 0 Å². The number of hydrogen-bond acceptors (Lipinski definition) is 8. The molecular formula is C19H16BrN7O4. The van der Waals surface area contributed by atoms with Gasteiger partial charge in [-0.3, -0.25) is 41.4 Å². The highest BCUT2D eigenvalue weighted by molar-refractivity contribution is 9.10. The Hall–Kier alpha value is -4.06. The zero-order valence-electron chi connectivity index (χ0n) is 15.8. The molecule has 1 aromatic heterocycles. The van der Waals surface area contributed by atoms with Crippen molar-refractivity contribution in [3.8, 4) is 0 Å². The Morgan fingerprint density at radius 2 is 1.55 bits per heavy atom. The molecule has 0 bridgehead atoms. The topological polar surface area (TPSA) is 151 Å². The maximum atomic E-state index is 12.3. The fourth-order valence-corrected chi connectivity index (χ4v) is 2.98. The summed E-state index contributed by atoms with van der Waals surface area (Å²) in [6, 6.07) is 15.7. The molecule has 0 saturated heterocycles. The summed E-state index contributed by atoms with van der Waals surface area (Å²) in [6.45, 7) is 0. The number of benzene rings is 2. The minimum Gasteiger partial charge on any atom is -0.276 e. The van der Waals surface area contributed by atoms with Gasteiger partial charge in [-0.25, -0.2) is 9.97 Å². The van der Waals surface area contributed by atoms with Crippen molar-refractivity contribution in [2.45, 2.75) is 6.42 Å². The van der Waals surface area contributed by atoms with Crippen LogP contribution in [0.1, 0.15) is 15.9 Å². The van der Waals surface area contributed by atoms with Gasteiger partial charge in [-0.1, -0.05) is 42.5 Å². The number of carbonyl (C=O) groups is 2. The van der Waals surface area contributed by atoms with Crippen LogP contribution in [0.15, 0.2) is 65.4 Å². The number of anilines is 2. The molecule has 3 aromatic rings. The highest BCUT2D eigenvalue weighted by Crippen LogP contribution is 2.28. The molecule has 12 heteroatoms. The molecule has 0 saturated carbocycles. The summed E-state index contributed by atoms with van der Waals surface area (Å²) in [5, 5.41) is 11.6. The second-order valence-corrected chi connectivity index (χ2v) is 6.93. The van der Waals surface area contributed by atoms with Crippen molar-refractivity contribution in [3.63, 3.8) is 0 Å². The van der Waals surface area contributed by atoms with Crippen LogP contribution in [0.3, 0.4) is 0 Å². The van der Waals surface area contributed by atoms with Crippen molar-refractivity contribution in [2.75, 3.05) is 10.9 Å². The van der Waals surface area contributed by atoms with Crippen LogP contribution in [0, 0.1) is 10.1 Å². The number of nitro groups is 1. The molecule has 2 aromatic carbocycles. The van der Waals surface area contributed by atoms with Crippen LogP contribution >= 0.6 is 15.9 Å². The van der Waals surface area contributed by atoms with Crippen LogP contribution in [-0.2, 0) is 11.2 Å². The van der Waals surface area contributed by atoms with Gasteiger partial charge >= 0.3 is 5.69 Å². The van der Waals surface area contributed by atoms with E-state index in [0.717, 1.165) is 11.9 Å². The Morgan fingerprint density at radius 1 is 0.935 bits per heavy atom. The third-order valence-corrected chi connectivity index (χ3v) is 4.64. The molecule has 0 radical (unpaired) electrons. The smallest absolute Gasteiger partial charge is 0.276 e. The Labute approximate surface area is 184 Å². The first-order valence-electron chi connectivity index (χ1n) is 8.84. The molecule has 0 atom stereocenters. The van der Waals surface area contributed by atoms with Gasteiger partial charge in [0.15, 0.2) is 0 Å². The predicted octanol–water partition coefficient (Wildman–Crippen LogP) is 2.59. The summed E-state index contributed by atoms with van der Waals surface area (Å²) in [5.74, 6) is -1.47. The quantitative estimate of drug-likeness (QED) is 0.280. The van der Waals surface area contributed by atoms with Crippen LogP contribution < -0.4 is 21.7 Å². The average molecular weight is 486 g/mol. The number of hydrazine groups is 2. The molecule has 11 nitrogen and oxygen atoms in total. The number of hydrogen-bond donors (Lipinski definition) is 4. The van der Waals surface area contributed by atoms with E-state index in [1.165, 1.54) is 0 Å². The zero-order chi connectivity index (χ0) is 22.2. The number of rotatable bonds is 8. The number of halogens is 1. The summed E-state index contributed by atoms with van der Waals surface area (Å²) < 4.78 is 0.551. The van der Waals surface area contributed by atoms with Crippen LogP contribution in [0.25, 0.3) is 0 Å². The minimum absolute atomic E-state index is 0.0693. The van der Waals surface area contributed by atoms with Gasteiger partial charge in [-0.2, -0.15) is 0 Å². The molecule has 0 fully saturated rings. The Bertz CT molecular complexity index is 1110. The van der Waals surface area contributed by atoms with E-state index in [2.05, 4.69) is 47.6 Å². The van der Waals surface area contributed by atoms with Gasteiger partial charge in [0.25, 0.3) is 5.91 Å². The van der Waals surface area contributed by atoms with Gasteiger partial charge in [0.2, 0.25) is 17.5 Å². The van der Waals surface area contributed by atoms with Crippen molar-refractivity contribution in [2.24, 2.45) is 0 Å². The summed E-state index contributed by atoms with van der Waals surface area (Å²) >= 11 is 3.26. The van der Waals surface area contributed by atoms with Crippen LogP contribution in [0.4, 0.5) is 17.3 Å². The lowest BCUT2D eigenvalue weighted by molar-refractivity contribution is -0.383. The molecular weight excluding hydrogens is 470 g/mol. The highest BCUT2D eigenvalue weighted by atomic mass is 79.9. The van der Waals surface area contributed by atoms with Crippen molar-refractivity contribution < 1.29 is 14.5 Å². The first kappa shape index (κ1) is 21.6. The maximum absolute atomic E-state index is 12.3. The standard InChI is InChI=1S/C19H16BrN7O4/c20-14-9-5-4-8-13(14)19(29)26-25-18-16(27(30)31)17(21-11-22-18)24-23-15(28)10-12-6-2-1-3-7-12/h1-9,11H,10H2,(H,23,28)(H,26,29)(H2,21,22,24,25). The lowest BCUT2D eigenvalue weighted by Gasteiger charge is -2.12. The van der Waals surface area contributed by atoms with E-state index in [1.54, 1.807) is 48.5 Å². The normalized spacial score (nSPS) is 10.1. The van der Waals surface area contributed by atoms with E-state index < -0.39 is 22.4 Å². The molecule has 3 rings (SSSR count). The van der Waals surface area contributed by atoms with E-state index in [0.29, 0.717) is 10.0 Å². The summed E-state index contributed by atoms with van der Waals surface area (Å²) in [4.78, 5) is 42.8. The molecule has 158 valence electrons. The van der Waals surface area contributed by atoms with E-state index >= 15 is 0 Å². The lowest BCUT2D eigenvalue weighted by atomic mass is 10.1. The second-order valence-electron chi connectivity index (χ2n) is 6.07. The maximum Gasteiger partial charge on any atom is 0.356 e. The van der Waals surface area contributed by atoms with Crippen LogP contribution in [0.2, 0.25) is 0 Å². The SMILES string of the molecule is O=C(Cc1ccccc1)NNc1ncnc(NNC(=O)c2ccccc2Br)c1[N+](=O)[O-]. The average Bonchev–Trinajstić information content (AvgIpc) is 2.76. The van der Waals surface area contributed by atoms with Crippen LogP contribution in [-0.4, -0.2) is 26.7 Å². The largest absolute Gasteiger partial charge is 0.356 e. The molecule has 0 aliphatic rings. The number of carbonyl (C=O) groups excluding carboxylic acids is 2.